The van der Waals surface area contributed by atoms with Crippen molar-refractivity contribution in [1.29, 1.82) is 0 Å². The monoisotopic (exact) mass is 300 g/mol. The maximum Gasteiger partial charge on any atom is 0.258 e. The van der Waals surface area contributed by atoms with Crippen LogP contribution in [0.4, 0.5) is 4.39 Å². The molecule has 0 radical (unpaired) electrons. The van der Waals surface area contributed by atoms with Crippen LogP contribution in [0.2, 0.25) is 5.02 Å². The van der Waals surface area contributed by atoms with Gasteiger partial charge in [-0.25, -0.2) is 4.39 Å². The van der Waals surface area contributed by atoms with Crippen LogP contribution in [-0.2, 0) is 4.79 Å². The summed E-state index contributed by atoms with van der Waals surface area (Å²) in [6, 6.07) is 4.39. The van der Waals surface area contributed by atoms with Gasteiger partial charge in [-0.05, 0) is 44.5 Å². The first-order valence-corrected chi connectivity index (χ1v) is 7.03. The first kappa shape index (κ1) is 15.1. The molecule has 0 spiro atoms. The number of hydrogen-bond donors (Lipinski definition) is 2. The molecule has 0 bridgehead atoms. The number of ether oxygens (including phenoxy) is 1. The predicted molar refractivity (Wildman–Crippen MR) is 75.5 cm³/mol. The lowest BCUT2D eigenvalue weighted by molar-refractivity contribution is -0.124. The highest BCUT2D eigenvalue weighted by Gasteiger charge is 2.20. The number of nitrogens with one attached hydrogen (secondary N) is 2. The number of benzene rings is 1. The molecule has 2 rings (SSSR count). The predicted octanol–water partition coefficient (Wildman–Crippen LogP) is 2.11. The van der Waals surface area contributed by atoms with Crippen LogP contribution in [0.25, 0.3) is 0 Å². The lowest BCUT2D eigenvalue weighted by Crippen LogP contribution is -2.47. The Bertz CT molecular complexity index is 484. The van der Waals surface area contributed by atoms with Crippen molar-refractivity contribution in [2.45, 2.75) is 31.8 Å². The van der Waals surface area contributed by atoms with Crippen molar-refractivity contribution in [2.24, 2.45) is 0 Å². The molecule has 1 aliphatic rings. The van der Waals surface area contributed by atoms with Crippen LogP contribution >= 0.6 is 11.6 Å². The van der Waals surface area contributed by atoms with Crippen molar-refractivity contribution in [3.8, 4) is 5.75 Å². The molecular weight excluding hydrogens is 283 g/mol. The molecule has 2 unspecified atom stereocenters. The van der Waals surface area contributed by atoms with Crippen LogP contribution in [0, 0.1) is 5.82 Å². The van der Waals surface area contributed by atoms with E-state index in [1.165, 1.54) is 12.1 Å². The molecule has 1 aliphatic heterocycles. The van der Waals surface area contributed by atoms with E-state index < -0.39 is 5.82 Å². The van der Waals surface area contributed by atoms with Gasteiger partial charge >= 0.3 is 0 Å². The Morgan fingerprint density at radius 2 is 2.40 bits per heavy atom. The quantitative estimate of drug-likeness (QED) is 0.895. The van der Waals surface area contributed by atoms with Crippen molar-refractivity contribution in [1.82, 2.24) is 10.6 Å². The first-order chi connectivity index (χ1) is 9.54. The van der Waals surface area contributed by atoms with Gasteiger partial charge in [0.15, 0.2) is 6.61 Å². The Hall–Kier alpha value is -1.33. The van der Waals surface area contributed by atoms with E-state index in [1.54, 1.807) is 0 Å². The molecule has 1 aromatic rings. The van der Waals surface area contributed by atoms with Gasteiger partial charge in [-0.3, -0.25) is 4.79 Å². The zero-order valence-corrected chi connectivity index (χ0v) is 12.0. The van der Waals surface area contributed by atoms with Gasteiger partial charge < -0.3 is 15.4 Å². The zero-order chi connectivity index (χ0) is 14.5. The summed E-state index contributed by atoms with van der Waals surface area (Å²) in [5, 5.41) is 6.41. The van der Waals surface area contributed by atoms with Crippen molar-refractivity contribution >= 4 is 17.5 Å². The smallest absolute Gasteiger partial charge is 0.258 e. The van der Waals surface area contributed by atoms with E-state index in [2.05, 4.69) is 17.6 Å². The van der Waals surface area contributed by atoms with Crippen LogP contribution in [0.5, 0.6) is 5.75 Å². The van der Waals surface area contributed by atoms with Crippen molar-refractivity contribution in [2.75, 3.05) is 13.2 Å². The standard InChI is InChI=1S/C14H18ClFN2O2/c1-9-6-11(4-5-17-9)18-14(19)8-20-13-3-2-10(16)7-12(13)15/h2-3,7,9,11,17H,4-6,8H2,1H3,(H,18,19). The minimum atomic E-state index is -0.435. The van der Waals surface area contributed by atoms with E-state index in [-0.39, 0.29) is 23.6 Å². The molecule has 0 aliphatic carbocycles. The number of amides is 1. The van der Waals surface area contributed by atoms with Crippen LogP contribution in [0.1, 0.15) is 19.8 Å². The Morgan fingerprint density at radius 1 is 1.60 bits per heavy atom. The van der Waals surface area contributed by atoms with E-state index >= 15 is 0 Å². The molecule has 1 heterocycles. The van der Waals surface area contributed by atoms with E-state index in [0.29, 0.717) is 11.8 Å². The van der Waals surface area contributed by atoms with Gasteiger partial charge in [0.1, 0.15) is 11.6 Å². The summed E-state index contributed by atoms with van der Waals surface area (Å²) < 4.78 is 18.2. The fourth-order valence-corrected chi connectivity index (χ4v) is 2.49. The number of hydrogen-bond acceptors (Lipinski definition) is 3. The molecule has 110 valence electrons. The highest BCUT2D eigenvalue weighted by atomic mass is 35.5. The molecule has 0 aromatic heterocycles. The molecule has 1 fully saturated rings. The van der Waals surface area contributed by atoms with E-state index in [0.717, 1.165) is 25.5 Å². The second-order valence-electron chi connectivity index (χ2n) is 5.01. The molecule has 2 atom stereocenters. The summed E-state index contributed by atoms with van der Waals surface area (Å²) in [5.41, 5.74) is 0. The molecule has 4 nitrogen and oxygen atoms in total. The Labute approximate surface area is 122 Å². The van der Waals surface area contributed by atoms with Gasteiger partial charge in [0.25, 0.3) is 5.91 Å². The number of halogens is 2. The van der Waals surface area contributed by atoms with Crippen molar-refractivity contribution in [3.05, 3.63) is 29.0 Å². The van der Waals surface area contributed by atoms with Crippen LogP contribution < -0.4 is 15.4 Å². The summed E-state index contributed by atoms with van der Waals surface area (Å²) in [6.45, 7) is 2.87. The van der Waals surface area contributed by atoms with E-state index in [1.807, 2.05) is 0 Å². The van der Waals surface area contributed by atoms with E-state index in [4.69, 9.17) is 16.3 Å². The summed E-state index contributed by atoms with van der Waals surface area (Å²) in [6.07, 6.45) is 1.82. The minimum absolute atomic E-state index is 0.121. The summed E-state index contributed by atoms with van der Waals surface area (Å²) >= 11 is 5.82. The summed E-state index contributed by atoms with van der Waals surface area (Å²) in [5.74, 6) is -0.318. The van der Waals surface area contributed by atoms with Gasteiger partial charge in [-0.15, -0.1) is 0 Å². The molecule has 1 saturated heterocycles. The van der Waals surface area contributed by atoms with Gasteiger partial charge in [-0.1, -0.05) is 11.6 Å². The first-order valence-electron chi connectivity index (χ1n) is 6.65. The highest BCUT2D eigenvalue weighted by molar-refractivity contribution is 6.32. The second-order valence-corrected chi connectivity index (χ2v) is 5.41. The highest BCUT2D eigenvalue weighted by Crippen LogP contribution is 2.24. The Morgan fingerprint density at radius 3 is 3.10 bits per heavy atom. The van der Waals surface area contributed by atoms with Gasteiger partial charge in [0.2, 0.25) is 0 Å². The van der Waals surface area contributed by atoms with Gasteiger partial charge in [0, 0.05) is 12.1 Å². The lowest BCUT2D eigenvalue weighted by Gasteiger charge is -2.28. The van der Waals surface area contributed by atoms with Crippen molar-refractivity contribution < 1.29 is 13.9 Å². The van der Waals surface area contributed by atoms with Gasteiger partial charge in [-0.2, -0.15) is 0 Å². The number of carbonyl (C=O) groups excluding carboxylic acids is 1. The fraction of sp³-hybridized carbons (Fsp3) is 0.500. The van der Waals surface area contributed by atoms with Crippen molar-refractivity contribution in [3.63, 3.8) is 0 Å². The van der Waals surface area contributed by atoms with Crippen LogP contribution in [0.15, 0.2) is 18.2 Å². The largest absolute Gasteiger partial charge is 0.482 e. The number of carbonyl (C=O) groups is 1. The molecule has 1 aromatic carbocycles. The molecule has 6 heteroatoms. The third kappa shape index (κ3) is 4.35. The number of rotatable bonds is 4. The average molecular weight is 301 g/mol. The van der Waals surface area contributed by atoms with E-state index in [9.17, 15) is 9.18 Å². The molecule has 1 amide bonds. The topological polar surface area (TPSA) is 50.4 Å². The Kier molecular flexibility index (Phi) is 5.20. The third-order valence-corrected chi connectivity index (χ3v) is 3.54. The maximum atomic E-state index is 12.9. The molecular formula is C14H18ClFN2O2. The minimum Gasteiger partial charge on any atom is -0.482 e. The summed E-state index contributed by atoms with van der Waals surface area (Å²) in [4.78, 5) is 11.8. The second kappa shape index (κ2) is 6.90. The lowest BCUT2D eigenvalue weighted by atomic mass is 10.0. The maximum absolute atomic E-state index is 12.9. The average Bonchev–Trinajstić information content (AvgIpc) is 2.37. The normalized spacial score (nSPS) is 22.4. The number of piperidine rings is 1. The SMILES string of the molecule is CC1CC(NC(=O)COc2ccc(F)cc2Cl)CCN1. The zero-order valence-electron chi connectivity index (χ0n) is 11.3. The molecule has 2 N–H and O–H groups in total. The fourth-order valence-electron chi connectivity index (χ4n) is 2.27. The molecule has 20 heavy (non-hydrogen) atoms. The summed E-state index contributed by atoms with van der Waals surface area (Å²) in [7, 11) is 0. The van der Waals surface area contributed by atoms with Crippen LogP contribution in [0.3, 0.4) is 0 Å². The third-order valence-electron chi connectivity index (χ3n) is 3.24. The Balaban J connectivity index is 1.80. The molecule has 0 saturated carbocycles. The van der Waals surface area contributed by atoms with Gasteiger partial charge in [0.05, 0.1) is 5.02 Å². The van der Waals surface area contributed by atoms with Crippen LogP contribution in [-0.4, -0.2) is 31.1 Å².